The highest BCUT2D eigenvalue weighted by Gasteiger charge is 2.31. The fourth-order valence-electron chi connectivity index (χ4n) is 1.76. The second-order valence-electron chi connectivity index (χ2n) is 4.00. The van der Waals surface area contributed by atoms with Gasteiger partial charge in [-0.1, -0.05) is 0 Å². The molecule has 2 nitrogen and oxygen atoms in total. The third-order valence-electron chi connectivity index (χ3n) is 2.78. The van der Waals surface area contributed by atoms with E-state index in [9.17, 15) is 13.2 Å². The second kappa shape index (κ2) is 3.97. The van der Waals surface area contributed by atoms with E-state index in [1.165, 1.54) is 12.1 Å². The molecule has 0 radical (unpaired) electrons. The largest absolute Gasteiger partial charge is 0.416 e. The Bertz CT molecular complexity index is 354. The van der Waals surface area contributed by atoms with Crippen LogP contribution < -0.4 is 4.90 Å². The van der Waals surface area contributed by atoms with Crippen molar-refractivity contribution in [1.29, 1.82) is 0 Å². The number of hydrogen-bond acceptors (Lipinski definition) is 2. The zero-order valence-electron chi connectivity index (χ0n) is 8.54. The minimum absolute atomic E-state index is 0.136. The summed E-state index contributed by atoms with van der Waals surface area (Å²) in [5.41, 5.74) is 0.146. The molecule has 0 bridgehead atoms. The molecule has 1 aromatic rings. The number of nitrogens with zero attached hydrogens (tertiary/aromatic N) is 1. The quantitative estimate of drug-likeness (QED) is 0.842. The minimum Gasteiger partial charge on any atom is -0.396 e. The van der Waals surface area contributed by atoms with Crippen molar-refractivity contribution in [3.8, 4) is 0 Å². The van der Waals surface area contributed by atoms with E-state index in [2.05, 4.69) is 0 Å². The molecule has 0 saturated carbocycles. The van der Waals surface area contributed by atoms with Crippen molar-refractivity contribution >= 4 is 5.69 Å². The van der Waals surface area contributed by atoms with Gasteiger partial charge in [0.05, 0.1) is 5.56 Å². The van der Waals surface area contributed by atoms with E-state index in [-0.39, 0.29) is 12.5 Å². The van der Waals surface area contributed by atoms with Gasteiger partial charge in [0.25, 0.3) is 0 Å². The number of benzene rings is 1. The molecular formula is C11H12F3NO. The van der Waals surface area contributed by atoms with Crippen LogP contribution in [0.4, 0.5) is 18.9 Å². The van der Waals surface area contributed by atoms with E-state index in [1.54, 1.807) is 0 Å². The molecular weight excluding hydrogens is 219 g/mol. The zero-order chi connectivity index (χ0) is 11.8. The first-order chi connectivity index (χ1) is 7.50. The molecule has 1 aromatic carbocycles. The summed E-state index contributed by atoms with van der Waals surface area (Å²) in [6.45, 7) is 1.56. The van der Waals surface area contributed by atoms with Gasteiger partial charge in [-0.2, -0.15) is 13.2 Å². The van der Waals surface area contributed by atoms with Crippen molar-refractivity contribution in [3.05, 3.63) is 29.8 Å². The van der Waals surface area contributed by atoms with E-state index in [1.807, 2.05) is 4.90 Å². The van der Waals surface area contributed by atoms with Crippen LogP contribution in [0.15, 0.2) is 24.3 Å². The molecule has 0 aromatic heterocycles. The molecule has 0 aliphatic carbocycles. The Morgan fingerprint density at radius 1 is 1.19 bits per heavy atom. The van der Waals surface area contributed by atoms with Crippen LogP contribution in [0.25, 0.3) is 0 Å². The summed E-state index contributed by atoms with van der Waals surface area (Å²) in [4.78, 5) is 1.95. The number of anilines is 1. The van der Waals surface area contributed by atoms with Gasteiger partial charge in [0.2, 0.25) is 0 Å². The van der Waals surface area contributed by atoms with Crippen LogP contribution in [0.5, 0.6) is 0 Å². The highest BCUT2D eigenvalue weighted by atomic mass is 19.4. The average Bonchev–Trinajstić information content (AvgIpc) is 2.15. The normalized spacial score (nSPS) is 17.4. The standard InChI is InChI=1S/C11H12F3NO/c12-11(13,14)9-1-3-10(4-2-9)15-5-8(6-15)7-16/h1-4,8,16H,5-7H2. The Hall–Kier alpha value is -1.23. The van der Waals surface area contributed by atoms with E-state index < -0.39 is 11.7 Å². The summed E-state index contributed by atoms with van der Waals surface area (Å²) < 4.78 is 36.9. The van der Waals surface area contributed by atoms with Crippen LogP contribution >= 0.6 is 0 Å². The number of halogens is 3. The molecule has 1 fully saturated rings. The maximum Gasteiger partial charge on any atom is 0.416 e. The van der Waals surface area contributed by atoms with Gasteiger partial charge in [-0.15, -0.1) is 0 Å². The molecule has 16 heavy (non-hydrogen) atoms. The van der Waals surface area contributed by atoms with E-state index >= 15 is 0 Å². The number of rotatable bonds is 2. The Morgan fingerprint density at radius 2 is 1.75 bits per heavy atom. The molecule has 0 amide bonds. The Morgan fingerprint density at radius 3 is 2.19 bits per heavy atom. The van der Waals surface area contributed by atoms with Gasteiger partial charge >= 0.3 is 6.18 Å². The lowest BCUT2D eigenvalue weighted by Gasteiger charge is -2.40. The number of aliphatic hydroxyl groups excluding tert-OH is 1. The SMILES string of the molecule is OCC1CN(c2ccc(C(F)(F)F)cc2)C1. The van der Waals surface area contributed by atoms with Crippen LogP contribution in [0.3, 0.4) is 0 Å². The van der Waals surface area contributed by atoms with Gasteiger partial charge in [-0.3, -0.25) is 0 Å². The lowest BCUT2D eigenvalue weighted by molar-refractivity contribution is -0.137. The maximum absolute atomic E-state index is 12.3. The maximum atomic E-state index is 12.3. The Balaban J connectivity index is 2.04. The van der Waals surface area contributed by atoms with Crippen LogP contribution in [0.1, 0.15) is 5.56 Å². The second-order valence-corrected chi connectivity index (χ2v) is 4.00. The number of hydrogen-bond donors (Lipinski definition) is 1. The fraction of sp³-hybridized carbons (Fsp3) is 0.455. The first-order valence-electron chi connectivity index (χ1n) is 5.04. The summed E-state index contributed by atoms with van der Waals surface area (Å²) in [6, 6.07) is 5.11. The van der Waals surface area contributed by atoms with Gasteiger partial charge in [-0.25, -0.2) is 0 Å². The third-order valence-corrected chi connectivity index (χ3v) is 2.78. The molecule has 1 saturated heterocycles. The number of aliphatic hydroxyl groups is 1. The van der Waals surface area contributed by atoms with Crippen molar-refractivity contribution in [2.24, 2.45) is 5.92 Å². The van der Waals surface area contributed by atoms with Crippen molar-refractivity contribution in [2.75, 3.05) is 24.6 Å². The first kappa shape index (κ1) is 11.3. The van der Waals surface area contributed by atoms with Gasteiger partial charge < -0.3 is 10.0 Å². The molecule has 0 atom stereocenters. The average molecular weight is 231 g/mol. The molecule has 1 aliphatic rings. The molecule has 0 unspecified atom stereocenters. The predicted molar refractivity (Wildman–Crippen MR) is 54.2 cm³/mol. The Kier molecular flexibility index (Phi) is 2.80. The molecule has 5 heteroatoms. The van der Waals surface area contributed by atoms with Crippen molar-refractivity contribution in [1.82, 2.24) is 0 Å². The van der Waals surface area contributed by atoms with Gasteiger partial charge in [0.15, 0.2) is 0 Å². The van der Waals surface area contributed by atoms with Crippen molar-refractivity contribution < 1.29 is 18.3 Å². The van der Waals surface area contributed by atoms with Gasteiger partial charge in [-0.05, 0) is 24.3 Å². The summed E-state index contributed by atoms with van der Waals surface area (Å²) in [5, 5.41) is 8.83. The molecule has 0 spiro atoms. The lowest BCUT2D eigenvalue weighted by atomic mass is 10.00. The molecule has 1 N–H and O–H groups in total. The molecule has 1 heterocycles. The summed E-state index contributed by atoms with van der Waals surface area (Å²) in [6.07, 6.45) is -4.28. The minimum atomic E-state index is -4.28. The summed E-state index contributed by atoms with van der Waals surface area (Å²) in [5.74, 6) is 0.252. The molecule has 1 aliphatic heterocycles. The van der Waals surface area contributed by atoms with E-state index in [0.29, 0.717) is 13.1 Å². The van der Waals surface area contributed by atoms with Crippen LogP contribution in [0.2, 0.25) is 0 Å². The van der Waals surface area contributed by atoms with Crippen molar-refractivity contribution in [2.45, 2.75) is 6.18 Å². The highest BCUT2D eigenvalue weighted by Crippen LogP contribution is 2.31. The lowest BCUT2D eigenvalue weighted by Crippen LogP contribution is -2.48. The predicted octanol–water partition coefficient (Wildman–Crippen LogP) is 2.13. The highest BCUT2D eigenvalue weighted by molar-refractivity contribution is 5.50. The van der Waals surface area contributed by atoms with Gasteiger partial charge in [0.1, 0.15) is 0 Å². The third kappa shape index (κ3) is 2.14. The number of alkyl halides is 3. The Labute approximate surface area is 91.3 Å². The summed E-state index contributed by atoms with van der Waals surface area (Å²) >= 11 is 0. The smallest absolute Gasteiger partial charge is 0.396 e. The van der Waals surface area contributed by atoms with Gasteiger partial charge in [0, 0.05) is 31.3 Å². The molecule has 88 valence electrons. The molecule has 2 rings (SSSR count). The zero-order valence-corrected chi connectivity index (χ0v) is 8.54. The summed E-state index contributed by atoms with van der Waals surface area (Å²) in [7, 11) is 0. The fourth-order valence-corrected chi connectivity index (χ4v) is 1.76. The van der Waals surface area contributed by atoms with Crippen LogP contribution in [0, 0.1) is 5.92 Å². The van der Waals surface area contributed by atoms with Crippen LogP contribution in [-0.4, -0.2) is 24.8 Å². The van der Waals surface area contributed by atoms with E-state index in [4.69, 9.17) is 5.11 Å². The first-order valence-corrected chi connectivity index (χ1v) is 5.04. The van der Waals surface area contributed by atoms with Crippen LogP contribution in [-0.2, 0) is 6.18 Å². The monoisotopic (exact) mass is 231 g/mol. The topological polar surface area (TPSA) is 23.5 Å². The van der Waals surface area contributed by atoms with E-state index in [0.717, 1.165) is 17.8 Å². The van der Waals surface area contributed by atoms with Crippen molar-refractivity contribution in [3.63, 3.8) is 0 Å².